The highest BCUT2D eigenvalue weighted by atomic mass is 19.4. The molecule has 3 aromatic rings. The van der Waals surface area contributed by atoms with E-state index < -0.39 is 11.7 Å². The van der Waals surface area contributed by atoms with Gasteiger partial charge in [0.15, 0.2) is 12.3 Å². The summed E-state index contributed by atoms with van der Waals surface area (Å²) in [6.07, 6.45) is 0.549. The number of halogens is 3. The first-order chi connectivity index (χ1) is 12.8. The lowest BCUT2D eigenvalue weighted by Gasteiger charge is -2.16. The second-order valence-electron chi connectivity index (χ2n) is 6.15. The molecule has 0 saturated heterocycles. The van der Waals surface area contributed by atoms with Crippen molar-refractivity contribution in [2.75, 3.05) is 6.61 Å². The Kier molecular flexibility index (Phi) is 5.00. The van der Waals surface area contributed by atoms with Gasteiger partial charge in [0.05, 0.1) is 16.6 Å². The van der Waals surface area contributed by atoms with E-state index in [1.54, 1.807) is 30.3 Å². The van der Waals surface area contributed by atoms with E-state index in [-0.39, 0.29) is 35.1 Å². The topological polar surface area (TPSA) is 47.9 Å². The predicted octanol–water partition coefficient (Wildman–Crippen LogP) is 4.85. The molecule has 0 fully saturated rings. The zero-order chi connectivity index (χ0) is 19.6. The lowest BCUT2D eigenvalue weighted by atomic mass is 10.1. The minimum Gasteiger partial charge on any atom is -0.464 e. The number of alkyl halides is 3. The van der Waals surface area contributed by atoms with Gasteiger partial charge in [0.2, 0.25) is 5.88 Å². The lowest BCUT2D eigenvalue weighted by Crippen LogP contribution is -2.12. The molecule has 0 bridgehead atoms. The molecule has 0 atom stereocenters. The molecule has 0 aliphatic carbocycles. The minimum absolute atomic E-state index is 0.0746. The van der Waals surface area contributed by atoms with E-state index in [0.29, 0.717) is 11.4 Å². The molecule has 2 aromatic heterocycles. The summed E-state index contributed by atoms with van der Waals surface area (Å²) in [7, 11) is 0. The molecule has 7 heteroatoms. The van der Waals surface area contributed by atoms with Gasteiger partial charge in [0.25, 0.3) is 0 Å². The maximum absolute atomic E-state index is 13.8. The van der Waals surface area contributed by atoms with Crippen molar-refractivity contribution in [3.8, 4) is 29.5 Å². The molecule has 138 valence electrons. The van der Waals surface area contributed by atoms with Crippen molar-refractivity contribution in [2.45, 2.75) is 25.9 Å². The molecule has 0 aliphatic rings. The number of hydrogen-bond acceptors (Lipinski definition) is 4. The van der Waals surface area contributed by atoms with E-state index in [1.165, 1.54) is 0 Å². The SMILES string of the molecule is C#CCOc1nc(C(C)C)nc2nc(-c3ccccc3)cc(C(F)(F)F)c12. The van der Waals surface area contributed by atoms with E-state index in [0.717, 1.165) is 6.07 Å². The highest BCUT2D eigenvalue weighted by Gasteiger charge is 2.36. The summed E-state index contributed by atoms with van der Waals surface area (Å²) in [4.78, 5) is 12.7. The quantitative estimate of drug-likeness (QED) is 0.616. The predicted molar refractivity (Wildman–Crippen MR) is 96.2 cm³/mol. The van der Waals surface area contributed by atoms with Crippen molar-refractivity contribution in [1.29, 1.82) is 0 Å². The molecule has 3 rings (SSSR count). The van der Waals surface area contributed by atoms with Crippen LogP contribution in [0, 0.1) is 12.3 Å². The molecular weight excluding hydrogens is 355 g/mol. The first-order valence-electron chi connectivity index (χ1n) is 8.23. The summed E-state index contributed by atoms with van der Waals surface area (Å²) in [6.45, 7) is 3.46. The normalized spacial score (nSPS) is 11.6. The minimum atomic E-state index is -4.64. The monoisotopic (exact) mass is 371 g/mol. The molecule has 4 nitrogen and oxygen atoms in total. The Hall–Kier alpha value is -3.14. The van der Waals surface area contributed by atoms with E-state index in [2.05, 4.69) is 20.9 Å². The number of benzene rings is 1. The summed E-state index contributed by atoms with van der Waals surface area (Å²) in [6, 6.07) is 9.60. The van der Waals surface area contributed by atoms with Crippen LogP contribution in [0.25, 0.3) is 22.3 Å². The number of pyridine rings is 1. The van der Waals surface area contributed by atoms with Crippen LogP contribution in [-0.2, 0) is 6.18 Å². The summed E-state index contributed by atoms with van der Waals surface area (Å²) < 4.78 is 46.7. The second kappa shape index (κ2) is 7.23. The Bertz CT molecular complexity index is 1010. The number of terminal acetylenes is 1. The van der Waals surface area contributed by atoms with E-state index in [4.69, 9.17) is 11.2 Å². The van der Waals surface area contributed by atoms with Crippen molar-refractivity contribution in [1.82, 2.24) is 15.0 Å². The van der Waals surface area contributed by atoms with Crippen molar-refractivity contribution < 1.29 is 17.9 Å². The largest absolute Gasteiger partial charge is 0.464 e. The lowest BCUT2D eigenvalue weighted by molar-refractivity contribution is -0.136. The Morgan fingerprint density at radius 2 is 1.81 bits per heavy atom. The number of nitrogens with zero attached hydrogens (tertiary/aromatic N) is 3. The molecule has 1 aromatic carbocycles. The fourth-order valence-electron chi connectivity index (χ4n) is 2.57. The van der Waals surface area contributed by atoms with Gasteiger partial charge in [-0.05, 0) is 6.07 Å². The van der Waals surface area contributed by atoms with E-state index in [1.807, 2.05) is 13.8 Å². The van der Waals surface area contributed by atoms with Gasteiger partial charge >= 0.3 is 6.18 Å². The first kappa shape index (κ1) is 18.6. The third-order valence-electron chi connectivity index (χ3n) is 3.83. The van der Waals surface area contributed by atoms with Crippen LogP contribution in [0.2, 0.25) is 0 Å². The molecule has 0 amide bonds. The zero-order valence-corrected chi connectivity index (χ0v) is 14.7. The Labute approximate surface area is 154 Å². The number of hydrogen-bond donors (Lipinski definition) is 0. The van der Waals surface area contributed by atoms with Gasteiger partial charge in [-0.2, -0.15) is 18.2 Å². The number of aromatic nitrogens is 3. The van der Waals surface area contributed by atoms with Crippen LogP contribution in [0.1, 0.15) is 31.2 Å². The van der Waals surface area contributed by atoms with Crippen molar-refractivity contribution >= 4 is 11.0 Å². The molecule has 27 heavy (non-hydrogen) atoms. The maximum Gasteiger partial charge on any atom is 0.417 e. The Balaban J connectivity index is 2.37. The molecule has 0 N–H and O–H groups in total. The van der Waals surface area contributed by atoms with Crippen LogP contribution in [0.15, 0.2) is 36.4 Å². The fraction of sp³-hybridized carbons (Fsp3) is 0.250. The van der Waals surface area contributed by atoms with Gasteiger partial charge in [-0.1, -0.05) is 50.1 Å². The number of ether oxygens (including phenoxy) is 1. The average Bonchev–Trinajstić information content (AvgIpc) is 2.64. The first-order valence-corrected chi connectivity index (χ1v) is 8.23. The Morgan fingerprint density at radius 1 is 1.11 bits per heavy atom. The summed E-state index contributed by atoms with van der Waals surface area (Å²) >= 11 is 0. The number of rotatable bonds is 4. The van der Waals surface area contributed by atoms with Gasteiger partial charge in [-0.3, -0.25) is 0 Å². The number of fused-ring (bicyclic) bond motifs is 1. The molecule has 0 saturated carbocycles. The third kappa shape index (κ3) is 3.85. The van der Waals surface area contributed by atoms with Gasteiger partial charge < -0.3 is 4.74 Å². The smallest absolute Gasteiger partial charge is 0.417 e. The van der Waals surface area contributed by atoms with E-state index in [9.17, 15) is 13.2 Å². The maximum atomic E-state index is 13.8. The molecular formula is C20H16F3N3O. The zero-order valence-electron chi connectivity index (χ0n) is 14.7. The van der Waals surface area contributed by atoms with Gasteiger partial charge in [0.1, 0.15) is 5.82 Å². The van der Waals surface area contributed by atoms with Crippen molar-refractivity contribution in [2.24, 2.45) is 0 Å². The fourth-order valence-corrected chi connectivity index (χ4v) is 2.57. The molecule has 2 heterocycles. The molecule has 0 unspecified atom stereocenters. The van der Waals surface area contributed by atoms with Gasteiger partial charge in [-0.15, -0.1) is 6.42 Å². The van der Waals surface area contributed by atoms with Crippen molar-refractivity contribution in [3.05, 3.63) is 47.8 Å². The highest BCUT2D eigenvalue weighted by Crippen LogP contribution is 2.39. The third-order valence-corrected chi connectivity index (χ3v) is 3.83. The highest BCUT2D eigenvalue weighted by molar-refractivity contribution is 5.87. The molecule has 0 radical (unpaired) electrons. The van der Waals surface area contributed by atoms with Crippen molar-refractivity contribution in [3.63, 3.8) is 0 Å². The van der Waals surface area contributed by atoms with E-state index >= 15 is 0 Å². The van der Waals surface area contributed by atoms with Crippen LogP contribution >= 0.6 is 0 Å². The average molecular weight is 371 g/mol. The summed E-state index contributed by atoms with van der Waals surface area (Å²) in [5.41, 5.74) is -0.254. The summed E-state index contributed by atoms with van der Waals surface area (Å²) in [5, 5.41) is -0.290. The standard InChI is InChI=1S/C20H16F3N3O/c1-4-10-27-19-16-14(20(21,22)23)11-15(13-8-6-5-7-9-13)24-18(16)25-17(26-19)12(2)3/h1,5-9,11-12H,10H2,2-3H3. The summed E-state index contributed by atoms with van der Waals surface area (Å²) in [5.74, 6) is 2.24. The van der Waals surface area contributed by atoms with Gasteiger partial charge in [0, 0.05) is 11.5 Å². The van der Waals surface area contributed by atoms with Crippen LogP contribution in [0.4, 0.5) is 13.2 Å². The van der Waals surface area contributed by atoms with Crippen LogP contribution < -0.4 is 4.74 Å². The van der Waals surface area contributed by atoms with Gasteiger partial charge in [-0.25, -0.2) is 9.97 Å². The second-order valence-corrected chi connectivity index (χ2v) is 6.15. The van der Waals surface area contributed by atoms with Crippen LogP contribution in [0.3, 0.4) is 0 Å². The van der Waals surface area contributed by atoms with Crippen LogP contribution in [0.5, 0.6) is 5.88 Å². The van der Waals surface area contributed by atoms with Crippen LogP contribution in [-0.4, -0.2) is 21.6 Å². The molecule has 0 spiro atoms. The molecule has 0 aliphatic heterocycles. The Morgan fingerprint density at radius 3 is 2.41 bits per heavy atom.